The minimum Gasteiger partial charge on any atom is -0.464 e. The van der Waals surface area contributed by atoms with Crippen molar-refractivity contribution in [2.75, 3.05) is 6.61 Å². The van der Waals surface area contributed by atoms with Crippen LogP contribution >= 0.6 is 0 Å². The van der Waals surface area contributed by atoms with Gasteiger partial charge in [-0.3, -0.25) is 10.1 Å². The number of halogens is 2. The molecule has 0 aliphatic carbocycles. The summed E-state index contributed by atoms with van der Waals surface area (Å²) in [7, 11) is 0. The van der Waals surface area contributed by atoms with E-state index in [0.29, 0.717) is 0 Å². The Hall–Kier alpha value is -2.09. The van der Waals surface area contributed by atoms with Crippen LogP contribution in [0.1, 0.15) is 18.5 Å². The first-order valence-electron chi connectivity index (χ1n) is 5.38. The molecule has 0 fully saturated rings. The molecule has 0 aliphatic rings. The lowest BCUT2D eigenvalue weighted by Gasteiger charge is -2.15. The summed E-state index contributed by atoms with van der Waals surface area (Å²) in [6.07, 6.45) is -2.31. The van der Waals surface area contributed by atoms with Crippen LogP contribution in [-0.4, -0.2) is 23.7 Å². The fourth-order valence-corrected chi connectivity index (χ4v) is 1.48. The second kappa shape index (κ2) is 6.19. The molecule has 19 heavy (non-hydrogen) atoms. The van der Waals surface area contributed by atoms with E-state index in [9.17, 15) is 23.7 Å². The van der Waals surface area contributed by atoms with E-state index in [1.807, 2.05) is 0 Å². The highest BCUT2D eigenvalue weighted by Gasteiger charge is 2.32. The fraction of sp³-hybridized carbons (Fsp3) is 0.364. The van der Waals surface area contributed by atoms with Crippen LogP contribution in [0.15, 0.2) is 18.2 Å². The zero-order valence-corrected chi connectivity index (χ0v) is 10.0. The molecule has 8 heteroatoms. The zero-order valence-electron chi connectivity index (χ0n) is 10.0. The highest BCUT2D eigenvalue weighted by molar-refractivity contribution is 5.76. The predicted octanol–water partition coefficient (Wildman–Crippen LogP) is 1.63. The number of carbonyl (C=O) groups is 1. The summed E-state index contributed by atoms with van der Waals surface area (Å²) in [4.78, 5) is 21.1. The van der Waals surface area contributed by atoms with Crippen molar-refractivity contribution in [1.82, 2.24) is 0 Å². The van der Waals surface area contributed by atoms with Gasteiger partial charge in [0.15, 0.2) is 0 Å². The maximum atomic E-state index is 13.7. The number of hydrogen-bond acceptors (Lipinski definition) is 5. The van der Waals surface area contributed by atoms with Gasteiger partial charge in [-0.05, 0) is 19.1 Å². The van der Waals surface area contributed by atoms with Crippen molar-refractivity contribution in [3.8, 4) is 0 Å². The van der Waals surface area contributed by atoms with Gasteiger partial charge in [-0.2, -0.15) is 0 Å². The Kier molecular flexibility index (Phi) is 4.87. The third-order valence-electron chi connectivity index (χ3n) is 2.37. The first-order chi connectivity index (χ1) is 8.88. The van der Waals surface area contributed by atoms with Crippen LogP contribution < -0.4 is 5.73 Å². The lowest BCUT2D eigenvalue weighted by molar-refractivity contribution is -0.385. The van der Waals surface area contributed by atoms with Crippen LogP contribution in [0.5, 0.6) is 0 Å². The van der Waals surface area contributed by atoms with E-state index in [1.165, 1.54) is 6.92 Å². The second-order valence-electron chi connectivity index (χ2n) is 3.64. The van der Waals surface area contributed by atoms with Crippen molar-refractivity contribution in [2.24, 2.45) is 5.73 Å². The van der Waals surface area contributed by atoms with Gasteiger partial charge in [-0.1, -0.05) is 0 Å². The average Bonchev–Trinajstić information content (AvgIpc) is 2.36. The molecule has 0 saturated carbocycles. The Morgan fingerprint density at radius 2 is 2.21 bits per heavy atom. The molecule has 104 valence electrons. The van der Waals surface area contributed by atoms with Gasteiger partial charge < -0.3 is 10.5 Å². The SMILES string of the molecule is CCOC(=O)C(F)[C@H](N)c1cc(F)ccc1[N+](=O)[O-]. The Morgan fingerprint density at radius 1 is 1.58 bits per heavy atom. The lowest BCUT2D eigenvalue weighted by atomic mass is 10.0. The van der Waals surface area contributed by atoms with Crippen LogP contribution in [0.4, 0.5) is 14.5 Å². The Balaban J connectivity index is 3.10. The molecule has 1 aromatic carbocycles. The van der Waals surface area contributed by atoms with Crippen LogP contribution in [0.2, 0.25) is 0 Å². The maximum absolute atomic E-state index is 13.7. The molecule has 0 aromatic heterocycles. The first kappa shape index (κ1) is 15.0. The van der Waals surface area contributed by atoms with Crippen LogP contribution in [-0.2, 0) is 9.53 Å². The predicted molar refractivity (Wildman–Crippen MR) is 61.5 cm³/mol. The van der Waals surface area contributed by atoms with E-state index in [-0.39, 0.29) is 6.61 Å². The minimum atomic E-state index is -2.31. The third-order valence-corrected chi connectivity index (χ3v) is 2.37. The summed E-state index contributed by atoms with van der Waals surface area (Å²) in [6.45, 7) is 1.41. The lowest BCUT2D eigenvalue weighted by Crippen LogP contribution is -2.32. The van der Waals surface area contributed by atoms with Gasteiger partial charge in [-0.25, -0.2) is 13.6 Å². The van der Waals surface area contributed by atoms with E-state index in [2.05, 4.69) is 4.74 Å². The maximum Gasteiger partial charge on any atom is 0.342 e. The standard InChI is InChI=1S/C11H12F2N2O4/c1-2-19-11(16)9(13)10(14)7-5-6(12)3-4-8(7)15(17)18/h3-5,9-10H,2,14H2,1H3/t9?,10-/m1/s1. The summed E-state index contributed by atoms with van der Waals surface area (Å²) in [5, 5.41) is 10.7. The number of rotatable bonds is 5. The Bertz CT molecular complexity index is 496. The number of nitrogens with zero attached hydrogens (tertiary/aromatic N) is 1. The van der Waals surface area contributed by atoms with Gasteiger partial charge in [0.25, 0.3) is 5.69 Å². The highest BCUT2D eigenvalue weighted by Crippen LogP contribution is 2.28. The summed E-state index contributed by atoms with van der Waals surface area (Å²) < 4.78 is 31.2. The Labute approximate surface area is 107 Å². The van der Waals surface area contributed by atoms with Crippen molar-refractivity contribution >= 4 is 11.7 Å². The molecule has 0 bridgehead atoms. The van der Waals surface area contributed by atoms with Crippen molar-refractivity contribution in [1.29, 1.82) is 0 Å². The molecule has 0 saturated heterocycles. The first-order valence-corrected chi connectivity index (χ1v) is 5.38. The fourth-order valence-electron chi connectivity index (χ4n) is 1.48. The quantitative estimate of drug-likeness (QED) is 0.500. The van der Waals surface area contributed by atoms with Crippen LogP contribution in [0.3, 0.4) is 0 Å². The van der Waals surface area contributed by atoms with Gasteiger partial charge >= 0.3 is 5.97 Å². The third kappa shape index (κ3) is 3.44. The van der Waals surface area contributed by atoms with Crippen molar-refractivity contribution < 1.29 is 23.2 Å². The number of hydrogen-bond donors (Lipinski definition) is 1. The van der Waals surface area contributed by atoms with Gasteiger partial charge in [0.1, 0.15) is 5.82 Å². The van der Waals surface area contributed by atoms with Crippen LogP contribution in [0.25, 0.3) is 0 Å². The van der Waals surface area contributed by atoms with E-state index in [1.54, 1.807) is 0 Å². The molecular weight excluding hydrogens is 262 g/mol. The second-order valence-corrected chi connectivity index (χ2v) is 3.64. The van der Waals surface area contributed by atoms with E-state index >= 15 is 0 Å². The van der Waals surface area contributed by atoms with Crippen molar-refractivity contribution in [3.05, 3.63) is 39.7 Å². The van der Waals surface area contributed by atoms with Gasteiger partial charge in [0, 0.05) is 6.07 Å². The molecule has 1 aromatic rings. The number of esters is 1. The van der Waals surface area contributed by atoms with Gasteiger partial charge in [0.2, 0.25) is 6.17 Å². The molecule has 2 atom stereocenters. The normalized spacial score (nSPS) is 13.7. The van der Waals surface area contributed by atoms with E-state index in [0.717, 1.165) is 18.2 Å². The van der Waals surface area contributed by atoms with E-state index < -0.39 is 40.2 Å². The molecule has 2 N–H and O–H groups in total. The molecular formula is C11H12F2N2O4. The molecule has 0 spiro atoms. The summed E-state index contributed by atoms with van der Waals surface area (Å²) >= 11 is 0. The van der Waals surface area contributed by atoms with Crippen LogP contribution in [0, 0.1) is 15.9 Å². The molecule has 1 unspecified atom stereocenters. The summed E-state index contributed by atoms with van der Waals surface area (Å²) in [6, 6.07) is 0.776. The zero-order chi connectivity index (χ0) is 14.6. The summed E-state index contributed by atoms with van der Waals surface area (Å²) in [5.41, 5.74) is 4.48. The Morgan fingerprint density at radius 3 is 2.74 bits per heavy atom. The number of alkyl halides is 1. The number of ether oxygens (including phenoxy) is 1. The number of nitro groups is 1. The highest BCUT2D eigenvalue weighted by atomic mass is 19.1. The molecule has 0 heterocycles. The van der Waals surface area contributed by atoms with Gasteiger partial charge in [-0.15, -0.1) is 0 Å². The summed E-state index contributed by atoms with van der Waals surface area (Å²) in [5.74, 6) is -2.05. The number of nitro benzene ring substituents is 1. The molecule has 0 aliphatic heterocycles. The number of nitrogens with two attached hydrogens (primary N) is 1. The average molecular weight is 274 g/mol. The monoisotopic (exact) mass is 274 g/mol. The number of benzene rings is 1. The molecule has 6 nitrogen and oxygen atoms in total. The largest absolute Gasteiger partial charge is 0.464 e. The minimum absolute atomic E-state index is 0.0583. The molecule has 1 rings (SSSR count). The van der Waals surface area contributed by atoms with Crippen molar-refractivity contribution in [2.45, 2.75) is 19.1 Å². The van der Waals surface area contributed by atoms with Crippen molar-refractivity contribution in [3.63, 3.8) is 0 Å². The molecule has 0 radical (unpaired) electrons. The topological polar surface area (TPSA) is 95.5 Å². The molecule has 0 amide bonds. The number of carbonyl (C=O) groups excluding carboxylic acids is 1. The smallest absolute Gasteiger partial charge is 0.342 e. The van der Waals surface area contributed by atoms with E-state index in [4.69, 9.17) is 5.73 Å². The van der Waals surface area contributed by atoms with Gasteiger partial charge in [0.05, 0.1) is 23.1 Å².